The van der Waals surface area contributed by atoms with Crippen molar-refractivity contribution >= 4 is 28.1 Å². The van der Waals surface area contributed by atoms with Gasteiger partial charge in [0.25, 0.3) is 0 Å². The van der Waals surface area contributed by atoms with Gasteiger partial charge in [0.05, 0.1) is 17.3 Å². The molecule has 116 valence electrons. The molecule has 0 atom stereocenters. The Labute approximate surface area is 137 Å². The van der Waals surface area contributed by atoms with Gasteiger partial charge in [-0.25, -0.2) is 15.4 Å². The van der Waals surface area contributed by atoms with Gasteiger partial charge in [0.15, 0.2) is 11.5 Å². The number of ether oxygens (including phenoxy) is 1. The maximum atomic E-state index is 9.87. The van der Waals surface area contributed by atoms with E-state index in [9.17, 15) is 5.11 Å². The Hall–Kier alpha value is -2.15. The van der Waals surface area contributed by atoms with Crippen LogP contribution in [0.3, 0.4) is 0 Å². The van der Waals surface area contributed by atoms with Crippen molar-refractivity contribution in [1.29, 1.82) is 0 Å². The molecule has 6 nitrogen and oxygen atoms in total. The maximum absolute atomic E-state index is 9.87. The van der Waals surface area contributed by atoms with Crippen LogP contribution in [-0.4, -0.2) is 27.9 Å². The third kappa shape index (κ3) is 4.17. The van der Waals surface area contributed by atoms with Crippen LogP contribution in [0, 0.1) is 13.8 Å². The number of nitrogens with one attached hydrogen (secondary N) is 1. The minimum Gasteiger partial charge on any atom is -0.503 e. The number of hydrogen-bond donors (Lipinski definition) is 2. The van der Waals surface area contributed by atoms with E-state index < -0.39 is 0 Å². The van der Waals surface area contributed by atoms with Crippen LogP contribution in [0.1, 0.15) is 23.9 Å². The van der Waals surface area contributed by atoms with Gasteiger partial charge in [-0.2, -0.15) is 5.10 Å². The Bertz CT molecular complexity index is 684. The topological polar surface area (TPSA) is 79.6 Å². The Morgan fingerprint density at radius 3 is 2.59 bits per heavy atom. The van der Waals surface area contributed by atoms with Crippen LogP contribution in [0.4, 0.5) is 5.95 Å². The van der Waals surface area contributed by atoms with Gasteiger partial charge in [-0.15, -0.1) is 0 Å². The molecular formula is C15H17BrN4O2. The van der Waals surface area contributed by atoms with E-state index in [1.807, 2.05) is 26.8 Å². The van der Waals surface area contributed by atoms with E-state index in [2.05, 4.69) is 36.4 Å². The zero-order valence-electron chi connectivity index (χ0n) is 12.6. The molecule has 0 fully saturated rings. The molecule has 0 aliphatic heterocycles. The lowest BCUT2D eigenvalue weighted by Crippen LogP contribution is -2.00. The van der Waals surface area contributed by atoms with Gasteiger partial charge in [-0.3, -0.25) is 0 Å². The summed E-state index contributed by atoms with van der Waals surface area (Å²) in [5.41, 5.74) is 5.30. The third-order valence-corrected chi connectivity index (χ3v) is 3.32. The summed E-state index contributed by atoms with van der Waals surface area (Å²) in [4.78, 5) is 8.47. The number of aromatic hydroxyl groups is 1. The summed E-state index contributed by atoms with van der Waals surface area (Å²) in [6.45, 7) is 6.12. The van der Waals surface area contributed by atoms with Crippen molar-refractivity contribution in [2.75, 3.05) is 12.0 Å². The molecule has 0 unspecified atom stereocenters. The molecule has 1 aromatic heterocycles. The number of rotatable bonds is 5. The molecule has 0 amide bonds. The van der Waals surface area contributed by atoms with Crippen LogP contribution in [0.5, 0.6) is 11.5 Å². The first-order chi connectivity index (χ1) is 10.5. The molecule has 0 spiro atoms. The predicted molar refractivity (Wildman–Crippen MR) is 89.7 cm³/mol. The van der Waals surface area contributed by atoms with Crippen molar-refractivity contribution in [1.82, 2.24) is 9.97 Å². The van der Waals surface area contributed by atoms with Crippen molar-refractivity contribution in [3.05, 3.63) is 39.6 Å². The molecule has 2 rings (SSSR count). The summed E-state index contributed by atoms with van der Waals surface area (Å²) in [6.07, 6.45) is 1.60. The quantitative estimate of drug-likeness (QED) is 0.627. The SMILES string of the molecule is CCOc1cc(C=NNc2nc(C)cc(C)n2)cc(Br)c1O. The van der Waals surface area contributed by atoms with Crippen molar-refractivity contribution in [3.63, 3.8) is 0 Å². The normalized spacial score (nSPS) is 10.9. The summed E-state index contributed by atoms with van der Waals surface area (Å²) in [6, 6.07) is 5.34. The van der Waals surface area contributed by atoms with Gasteiger partial charge in [-0.1, -0.05) is 0 Å². The maximum Gasteiger partial charge on any atom is 0.243 e. The zero-order chi connectivity index (χ0) is 16.1. The summed E-state index contributed by atoms with van der Waals surface area (Å²) in [5, 5.41) is 14.0. The number of benzene rings is 1. The summed E-state index contributed by atoms with van der Waals surface area (Å²) in [5.74, 6) is 0.919. The Morgan fingerprint density at radius 2 is 1.95 bits per heavy atom. The second-order valence-corrected chi connectivity index (χ2v) is 5.48. The Kier molecular flexibility index (Phi) is 5.32. The van der Waals surface area contributed by atoms with Crippen LogP contribution in [-0.2, 0) is 0 Å². The Morgan fingerprint density at radius 1 is 1.27 bits per heavy atom. The molecule has 0 saturated carbocycles. The van der Waals surface area contributed by atoms with Crippen LogP contribution < -0.4 is 10.2 Å². The number of hydrazone groups is 1. The first kappa shape index (κ1) is 16.2. The number of hydrogen-bond acceptors (Lipinski definition) is 6. The van der Waals surface area contributed by atoms with Gasteiger partial charge in [-0.05, 0) is 60.5 Å². The van der Waals surface area contributed by atoms with Gasteiger partial charge in [0.2, 0.25) is 5.95 Å². The molecule has 7 heteroatoms. The van der Waals surface area contributed by atoms with Crippen LogP contribution >= 0.6 is 15.9 Å². The van der Waals surface area contributed by atoms with E-state index in [0.717, 1.165) is 17.0 Å². The smallest absolute Gasteiger partial charge is 0.243 e. The molecule has 1 heterocycles. The van der Waals surface area contributed by atoms with E-state index in [1.165, 1.54) is 0 Å². The van der Waals surface area contributed by atoms with Crippen LogP contribution in [0.15, 0.2) is 27.8 Å². The van der Waals surface area contributed by atoms with Crippen LogP contribution in [0.2, 0.25) is 0 Å². The number of phenols is 1. The fraction of sp³-hybridized carbons (Fsp3) is 0.267. The highest BCUT2D eigenvalue weighted by Gasteiger charge is 2.08. The van der Waals surface area contributed by atoms with Gasteiger partial charge in [0.1, 0.15) is 0 Å². The fourth-order valence-corrected chi connectivity index (χ4v) is 2.33. The van der Waals surface area contributed by atoms with Crippen LogP contribution in [0.25, 0.3) is 0 Å². The Balaban J connectivity index is 2.16. The molecular weight excluding hydrogens is 348 g/mol. The molecule has 1 aromatic carbocycles. The highest BCUT2D eigenvalue weighted by atomic mass is 79.9. The number of aryl methyl sites for hydroxylation is 2. The fourth-order valence-electron chi connectivity index (χ4n) is 1.87. The first-order valence-corrected chi connectivity index (χ1v) is 7.55. The monoisotopic (exact) mass is 364 g/mol. The summed E-state index contributed by atoms with van der Waals surface area (Å²) >= 11 is 3.29. The molecule has 22 heavy (non-hydrogen) atoms. The number of aromatic nitrogens is 2. The molecule has 0 bridgehead atoms. The first-order valence-electron chi connectivity index (χ1n) is 6.76. The molecule has 0 radical (unpaired) electrons. The van der Waals surface area contributed by atoms with Crippen molar-refractivity contribution in [3.8, 4) is 11.5 Å². The summed E-state index contributed by atoms with van der Waals surface area (Å²) in [7, 11) is 0. The predicted octanol–water partition coefficient (Wildman–Crippen LogP) is 3.41. The summed E-state index contributed by atoms with van der Waals surface area (Å²) < 4.78 is 5.91. The minimum absolute atomic E-state index is 0.0737. The zero-order valence-corrected chi connectivity index (χ0v) is 14.2. The number of halogens is 1. The lowest BCUT2D eigenvalue weighted by atomic mass is 10.2. The second-order valence-electron chi connectivity index (χ2n) is 4.63. The molecule has 2 N–H and O–H groups in total. The molecule has 2 aromatic rings. The van der Waals surface area contributed by atoms with E-state index >= 15 is 0 Å². The highest BCUT2D eigenvalue weighted by molar-refractivity contribution is 9.10. The van der Waals surface area contributed by atoms with E-state index in [4.69, 9.17) is 4.74 Å². The number of nitrogens with zero attached hydrogens (tertiary/aromatic N) is 3. The lowest BCUT2D eigenvalue weighted by Gasteiger charge is -2.08. The van der Waals surface area contributed by atoms with Crippen molar-refractivity contribution in [2.24, 2.45) is 5.10 Å². The lowest BCUT2D eigenvalue weighted by molar-refractivity contribution is 0.317. The van der Waals surface area contributed by atoms with Gasteiger partial charge < -0.3 is 9.84 Å². The van der Waals surface area contributed by atoms with Gasteiger partial charge >= 0.3 is 0 Å². The van der Waals surface area contributed by atoms with Crippen molar-refractivity contribution in [2.45, 2.75) is 20.8 Å². The van der Waals surface area contributed by atoms with E-state index in [0.29, 0.717) is 22.8 Å². The molecule has 0 aliphatic rings. The largest absolute Gasteiger partial charge is 0.503 e. The van der Waals surface area contributed by atoms with E-state index in [1.54, 1.807) is 18.3 Å². The van der Waals surface area contributed by atoms with E-state index in [-0.39, 0.29) is 5.75 Å². The molecule has 0 saturated heterocycles. The highest BCUT2D eigenvalue weighted by Crippen LogP contribution is 2.35. The standard InChI is InChI=1S/C15H17BrN4O2/c1-4-22-13-7-11(6-12(16)14(13)21)8-17-20-15-18-9(2)5-10(3)19-15/h5-8,21H,4H2,1-3H3,(H,18,19,20). The number of phenolic OH excluding ortho intramolecular Hbond substituents is 1. The van der Waals surface area contributed by atoms with Crippen molar-refractivity contribution < 1.29 is 9.84 Å². The third-order valence-electron chi connectivity index (χ3n) is 2.71. The second kappa shape index (κ2) is 7.22. The average molecular weight is 365 g/mol. The molecule has 0 aliphatic carbocycles. The number of anilines is 1. The average Bonchev–Trinajstić information content (AvgIpc) is 2.43. The minimum atomic E-state index is 0.0737. The van der Waals surface area contributed by atoms with Gasteiger partial charge in [0, 0.05) is 11.4 Å².